The Kier molecular flexibility index (Phi) is 4.49. The minimum Gasteiger partial charge on any atom is -0.374 e. The first-order valence-electron chi connectivity index (χ1n) is 8.75. The van der Waals surface area contributed by atoms with Crippen LogP contribution in [0.1, 0.15) is 17.5 Å². The molecule has 2 heterocycles. The number of aliphatic hydroxyl groups is 1. The van der Waals surface area contributed by atoms with E-state index in [9.17, 15) is 14.7 Å². The third kappa shape index (κ3) is 2.93. The smallest absolute Gasteiger partial charge is 0.265 e. The van der Waals surface area contributed by atoms with Crippen LogP contribution in [0, 0.1) is 5.41 Å². The summed E-state index contributed by atoms with van der Waals surface area (Å²) in [5, 5.41) is 20.2. The van der Waals surface area contributed by atoms with Crippen LogP contribution in [0.2, 0.25) is 0 Å². The molecule has 1 fully saturated rings. The number of para-hydroxylation sites is 1. The van der Waals surface area contributed by atoms with Gasteiger partial charge in [-0.05, 0) is 24.5 Å². The Hall–Kier alpha value is -2.64. The van der Waals surface area contributed by atoms with Gasteiger partial charge < -0.3 is 15.3 Å². The molecule has 1 saturated heterocycles. The number of thioether (sulfide) groups is 1. The van der Waals surface area contributed by atoms with Gasteiger partial charge in [-0.3, -0.25) is 15.0 Å². The van der Waals surface area contributed by atoms with Gasteiger partial charge in [0.15, 0.2) is 10.8 Å². The first kappa shape index (κ1) is 17.8. The number of amidine groups is 1. The number of aryl methyl sites for hydroxylation is 1. The highest BCUT2D eigenvalue weighted by Crippen LogP contribution is 2.47. The lowest BCUT2D eigenvalue weighted by molar-refractivity contribution is -0.140. The van der Waals surface area contributed by atoms with Crippen molar-refractivity contribution in [3.8, 4) is 0 Å². The molecule has 0 aliphatic carbocycles. The fourth-order valence-corrected chi connectivity index (χ4v) is 4.64. The first-order valence-corrected chi connectivity index (χ1v) is 9.63. The molecule has 0 spiro atoms. The predicted octanol–water partition coefficient (Wildman–Crippen LogP) is 2.02. The summed E-state index contributed by atoms with van der Waals surface area (Å²) < 4.78 is 0. The highest BCUT2D eigenvalue weighted by atomic mass is 32.2. The Morgan fingerprint density at radius 2 is 1.81 bits per heavy atom. The number of amides is 2. The van der Waals surface area contributed by atoms with E-state index in [1.54, 1.807) is 23.1 Å². The number of carbonyl (C=O) groups excluding carboxylic acids is 2. The summed E-state index contributed by atoms with van der Waals surface area (Å²) in [5.74, 6) is -1.01. The lowest BCUT2D eigenvalue weighted by Gasteiger charge is -2.26. The molecule has 0 bridgehead atoms. The van der Waals surface area contributed by atoms with E-state index >= 15 is 0 Å². The van der Waals surface area contributed by atoms with Gasteiger partial charge in [0.05, 0.1) is 5.69 Å². The molecule has 138 valence electrons. The van der Waals surface area contributed by atoms with Gasteiger partial charge >= 0.3 is 0 Å². The summed E-state index contributed by atoms with van der Waals surface area (Å²) in [5.41, 5.74) is 0.287. The molecule has 3 N–H and O–H groups in total. The van der Waals surface area contributed by atoms with Crippen LogP contribution in [0.4, 0.5) is 5.69 Å². The summed E-state index contributed by atoms with van der Waals surface area (Å²) in [6.07, 6.45) is 1.55. The second kappa shape index (κ2) is 6.83. The van der Waals surface area contributed by atoms with Crippen molar-refractivity contribution in [2.45, 2.75) is 23.7 Å². The Morgan fingerprint density at radius 1 is 1.11 bits per heavy atom. The molecule has 4 rings (SSSR count). The highest BCUT2D eigenvalue weighted by Gasteiger charge is 2.59. The topological polar surface area (TPSA) is 93.5 Å². The van der Waals surface area contributed by atoms with Crippen LogP contribution in [-0.4, -0.2) is 33.9 Å². The van der Waals surface area contributed by atoms with Crippen molar-refractivity contribution in [1.82, 2.24) is 5.32 Å². The Morgan fingerprint density at radius 3 is 2.52 bits per heavy atom. The normalized spacial score (nSPS) is 24.3. The molecule has 27 heavy (non-hydrogen) atoms. The van der Waals surface area contributed by atoms with Crippen LogP contribution in [-0.2, 0) is 21.6 Å². The fraction of sp³-hybridized carbons (Fsp3) is 0.250. The van der Waals surface area contributed by atoms with Gasteiger partial charge in [0.2, 0.25) is 5.91 Å². The SMILES string of the molecule is N=C1NC(=O)C(C2(O)C(=O)N(CCCc3ccccc3)c3ccccc32)S1. The van der Waals surface area contributed by atoms with Crippen LogP contribution in [0.25, 0.3) is 0 Å². The van der Waals surface area contributed by atoms with Gasteiger partial charge in [-0.15, -0.1) is 0 Å². The van der Waals surface area contributed by atoms with E-state index in [1.807, 2.05) is 36.4 Å². The molecule has 6 nitrogen and oxygen atoms in total. The second-order valence-corrected chi connectivity index (χ2v) is 7.76. The molecular weight excluding hydrogens is 362 g/mol. The third-order valence-corrected chi connectivity index (χ3v) is 6.09. The summed E-state index contributed by atoms with van der Waals surface area (Å²) in [7, 11) is 0. The van der Waals surface area contributed by atoms with Crippen molar-refractivity contribution in [1.29, 1.82) is 5.41 Å². The van der Waals surface area contributed by atoms with E-state index in [0.717, 1.165) is 24.6 Å². The summed E-state index contributed by atoms with van der Waals surface area (Å²) >= 11 is 0.885. The number of fused-ring (bicyclic) bond motifs is 1. The van der Waals surface area contributed by atoms with Crippen LogP contribution < -0.4 is 10.2 Å². The number of nitrogens with one attached hydrogen (secondary N) is 2. The fourth-order valence-electron chi connectivity index (χ4n) is 3.68. The average molecular weight is 381 g/mol. The predicted molar refractivity (Wildman–Crippen MR) is 105 cm³/mol. The van der Waals surface area contributed by atoms with Gasteiger partial charge in [0.1, 0.15) is 5.25 Å². The van der Waals surface area contributed by atoms with Gasteiger partial charge in [0, 0.05) is 12.1 Å². The van der Waals surface area contributed by atoms with E-state index in [2.05, 4.69) is 5.32 Å². The zero-order chi connectivity index (χ0) is 19.0. The average Bonchev–Trinajstić information content (AvgIpc) is 3.13. The Balaban J connectivity index is 1.60. The minimum absolute atomic E-state index is 0.0498. The molecule has 0 saturated carbocycles. The molecule has 2 amide bonds. The maximum absolute atomic E-state index is 13.2. The monoisotopic (exact) mass is 381 g/mol. The summed E-state index contributed by atoms with van der Waals surface area (Å²) in [6, 6.07) is 17.0. The maximum Gasteiger partial charge on any atom is 0.265 e. The standard InChI is InChI=1S/C20H19N3O3S/c21-19-22-17(24)16(27-19)20(26)14-10-4-5-11-15(14)23(18(20)25)12-6-9-13-7-2-1-3-8-13/h1-5,7-8,10-11,16,26H,6,9,12H2,(H2,21,22,24). The molecule has 0 radical (unpaired) electrons. The lowest BCUT2D eigenvalue weighted by atomic mass is 9.91. The van der Waals surface area contributed by atoms with Crippen molar-refractivity contribution in [2.24, 2.45) is 0 Å². The summed E-state index contributed by atoms with van der Waals surface area (Å²) in [6.45, 7) is 0.448. The van der Waals surface area contributed by atoms with Crippen molar-refractivity contribution in [3.05, 3.63) is 65.7 Å². The molecule has 2 unspecified atom stereocenters. The van der Waals surface area contributed by atoms with Crippen molar-refractivity contribution in [3.63, 3.8) is 0 Å². The first-order chi connectivity index (χ1) is 13.0. The number of anilines is 1. The number of nitrogens with zero attached hydrogens (tertiary/aromatic N) is 1. The highest BCUT2D eigenvalue weighted by molar-refractivity contribution is 8.15. The number of benzene rings is 2. The number of rotatable bonds is 5. The van der Waals surface area contributed by atoms with Gasteiger partial charge in [0.25, 0.3) is 5.91 Å². The van der Waals surface area contributed by atoms with E-state index in [0.29, 0.717) is 17.8 Å². The van der Waals surface area contributed by atoms with Crippen LogP contribution in [0.3, 0.4) is 0 Å². The van der Waals surface area contributed by atoms with Gasteiger partial charge in [-0.1, -0.05) is 60.3 Å². The largest absolute Gasteiger partial charge is 0.374 e. The van der Waals surface area contributed by atoms with Crippen molar-refractivity contribution >= 4 is 34.4 Å². The minimum atomic E-state index is -1.96. The van der Waals surface area contributed by atoms with Crippen LogP contribution >= 0.6 is 11.8 Å². The number of hydrogen-bond acceptors (Lipinski definition) is 5. The van der Waals surface area contributed by atoms with Crippen molar-refractivity contribution < 1.29 is 14.7 Å². The number of carbonyl (C=O) groups is 2. The van der Waals surface area contributed by atoms with Crippen molar-refractivity contribution in [2.75, 3.05) is 11.4 Å². The molecule has 2 atom stereocenters. The maximum atomic E-state index is 13.2. The zero-order valence-electron chi connectivity index (χ0n) is 14.5. The molecule has 2 aliphatic heterocycles. The quantitative estimate of drug-likeness (QED) is 0.739. The Bertz CT molecular complexity index is 918. The number of hydrogen-bond donors (Lipinski definition) is 3. The molecule has 0 aromatic heterocycles. The van der Waals surface area contributed by atoms with Gasteiger partial charge in [-0.2, -0.15) is 0 Å². The Labute approximate surface area is 161 Å². The summed E-state index contributed by atoms with van der Waals surface area (Å²) in [4.78, 5) is 27.0. The molecule has 7 heteroatoms. The molecular formula is C20H19N3O3S. The van der Waals surface area contributed by atoms with E-state index in [-0.39, 0.29) is 5.17 Å². The van der Waals surface area contributed by atoms with Gasteiger partial charge in [-0.25, -0.2) is 0 Å². The third-order valence-electron chi connectivity index (χ3n) is 4.96. The van der Waals surface area contributed by atoms with Crippen LogP contribution in [0.5, 0.6) is 0 Å². The zero-order valence-corrected chi connectivity index (χ0v) is 15.3. The molecule has 2 aromatic rings. The van der Waals surface area contributed by atoms with Crippen LogP contribution in [0.15, 0.2) is 54.6 Å². The second-order valence-electron chi connectivity index (χ2n) is 6.65. The molecule has 2 aromatic carbocycles. The van der Waals surface area contributed by atoms with E-state index in [4.69, 9.17) is 5.41 Å². The molecule has 2 aliphatic rings. The lowest BCUT2D eigenvalue weighted by Crippen LogP contribution is -2.50. The van der Waals surface area contributed by atoms with E-state index < -0.39 is 22.7 Å². The van der Waals surface area contributed by atoms with E-state index in [1.165, 1.54) is 5.56 Å².